The summed E-state index contributed by atoms with van der Waals surface area (Å²) < 4.78 is 0. The summed E-state index contributed by atoms with van der Waals surface area (Å²) in [5, 5.41) is 11.6. The van der Waals surface area contributed by atoms with Crippen molar-refractivity contribution in [3.8, 4) is 0 Å². The van der Waals surface area contributed by atoms with Crippen LogP contribution in [0.25, 0.3) is 0 Å². The fourth-order valence-corrected chi connectivity index (χ4v) is 1.35. The first-order chi connectivity index (χ1) is 4.79. The number of hydrogen-bond acceptors (Lipinski definition) is 2. The van der Waals surface area contributed by atoms with E-state index in [4.69, 9.17) is 5.11 Å². The molecule has 0 amide bonds. The maximum absolute atomic E-state index is 10.2. The van der Waals surface area contributed by atoms with Gasteiger partial charge in [0.15, 0.2) is 0 Å². The third kappa shape index (κ3) is 2.35. The van der Waals surface area contributed by atoms with Gasteiger partial charge in [0.05, 0.1) is 0 Å². The van der Waals surface area contributed by atoms with Crippen LogP contribution in [0.2, 0.25) is 0 Å². The van der Waals surface area contributed by atoms with Crippen LogP contribution < -0.4 is 5.32 Å². The lowest BCUT2D eigenvalue weighted by molar-refractivity contribution is -0.138. The first-order valence-electron chi connectivity index (χ1n) is 3.71. The Kier molecular flexibility index (Phi) is 2.68. The summed E-state index contributed by atoms with van der Waals surface area (Å²) in [4.78, 5) is 10.2. The van der Waals surface area contributed by atoms with Crippen molar-refractivity contribution in [2.75, 3.05) is 13.1 Å². The van der Waals surface area contributed by atoms with Crippen molar-refractivity contribution in [3.05, 3.63) is 0 Å². The quantitative estimate of drug-likeness (QED) is 0.590. The van der Waals surface area contributed by atoms with E-state index in [2.05, 4.69) is 5.32 Å². The van der Waals surface area contributed by atoms with E-state index in [1.807, 2.05) is 0 Å². The second-order valence-electron chi connectivity index (χ2n) is 2.81. The van der Waals surface area contributed by atoms with E-state index in [1.54, 1.807) is 0 Å². The fourth-order valence-electron chi connectivity index (χ4n) is 1.35. The zero-order chi connectivity index (χ0) is 7.40. The minimum atomic E-state index is -0.672. The van der Waals surface area contributed by atoms with E-state index in [9.17, 15) is 4.79 Å². The largest absolute Gasteiger partial charge is 0.481 e. The number of carboxylic acid groups (broad SMARTS) is 1. The van der Waals surface area contributed by atoms with Crippen molar-refractivity contribution >= 4 is 5.97 Å². The first kappa shape index (κ1) is 7.54. The van der Waals surface area contributed by atoms with Gasteiger partial charge in [-0.3, -0.25) is 4.79 Å². The number of hydrogen-bond donors (Lipinski definition) is 2. The predicted molar refractivity (Wildman–Crippen MR) is 37.8 cm³/mol. The van der Waals surface area contributed by atoms with Crippen molar-refractivity contribution < 1.29 is 9.90 Å². The Morgan fingerprint density at radius 3 is 3.00 bits per heavy atom. The van der Waals surface area contributed by atoms with Gasteiger partial charge >= 0.3 is 5.97 Å². The maximum atomic E-state index is 10.2. The lowest BCUT2D eigenvalue weighted by Crippen LogP contribution is -2.30. The molecular formula is C7H13NO2. The molecule has 58 valence electrons. The molecule has 0 bridgehead atoms. The summed E-state index contributed by atoms with van der Waals surface area (Å²) in [5.41, 5.74) is 0. The SMILES string of the molecule is O=C(O)C[C@@H]1CCCNC1. The lowest BCUT2D eigenvalue weighted by Gasteiger charge is -2.20. The minimum Gasteiger partial charge on any atom is -0.481 e. The summed E-state index contributed by atoms with van der Waals surface area (Å²) in [6.07, 6.45) is 2.52. The maximum Gasteiger partial charge on any atom is 0.303 e. The number of aliphatic carboxylic acids is 1. The van der Waals surface area contributed by atoms with Crippen molar-refractivity contribution in [2.45, 2.75) is 19.3 Å². The van der Waals surface area contributed by atoms with Crippen LogP contribution in [0, 0.1) is 5.92 Å². The Bertz CT molecular complexity index is 119. The van der Waals surface area contributed by atoms with E-state index in [-0.39, 0.29) is 0 Å². The van der Waals surface area contributed by atoms with Gasteiger partial charge in [-0.25, -0.2) is 0 Å². The fraction of sp³-hybridized carbons (Fsp3) is 0.857. The van der Waals surface area contributed by atoms with Gasteiger partial charge in [-0.1, -0.05) is 0 Å². The van der Waals surface area contributed by atoms with Crippen LogP contribution in [0.1, 0.15) is 19.3 Å². The Labute approximate surface area is 60.4 Å². The lowest BCUT2D eigenvalue weighted by atomic mass is 9.96. The number of carbonyl (C=O) groups is 1. The molecule has 1 fully saturated rings. The van der Waals surface area contributed by atoms with Gasteiger partial charge in [-0.15, -0.1) is 0 Å². The molecule has 1 atom stereocenters. The molecule has 1 aliphatic rings. The second-order valence-corrected chi connectivity index (χ2v) is 2.81. The van der Waals surface area contributed by atoms with Crippen LogP contribution in [0.4, 0.5) is 0 Å². The van der Waals surface area contributed by atoms with Crippen LogP contribution in [-0.2, 0) is 4.79 Å². The highest BCUT2D eigenvalue weighted by atomic mass is 16.4. The van der Waals surface area contributed by atoms with Gasteiger partial charge in [0.25, 0.3) is 0 Å². The molecule has 3 heteroatoms. The van der Waals surface area contributed by atoms with Crippen molar-refractivity contribution in [1.29, 1.82) is 0 Å². The number of nitrogens with one attached hydrogen (secondary N) is 1. The topological polar surface area (TPSA) is 49.3 Å². The Morgan fingerprint density at radius 2 is 2.50 bits per heavy atom. The molecule has 0 saturated carbocycles. The molecule has 0 aromatic rings. The van der Waals surface area contributed by atoms with E-state index in [1.165, 1.54) is 0 Å². The first-order valence-corrected chi connectivity index (χ1v) is 3.71. The summed E-state index contributed by atoms with van der Waals surface area (Å²) in [6, 6.07) is 0. The van der Waals surface area contributed by atoms with E-state index in [0.717, 1.165) is 25.9 Å². The van der Waals surface area contributed by atoms with Gasteiger partial charge in [-0.2, -0.15) is 0 Å². The molecule has 10 heavy (non-hydrogen) atoms. The van der Waals surface area contributed by atoms with Crippen molar-refractivity contribution in [2.24, 2.45) is 5.92 Å². The molecule has 1 rings (SSSR count). The van der Waals surface area contributed by atoms with Gasteiger partial charge < -0.3 is 10.4 Å². The minimum absolute atomic E-state index is 0.326. The molecule has 1 heterocycles. The van der Waals surface area contributed by atoms with Gasteiger partial charge in [0, 0.05) is 6.42 Å². The summed E-state index contributed by atoms with van der Waals surface area (Å²) in [7, 11) is 0. The zero-order valence-electron chi connectivity index (χ0n) is 5.97. The van der Waals surface area contributed by atoms with E-state index < -0.39 is 5.97 Å². The van der Waals surface area contributed by atoms with Crippen LogP contribution in [0.15, 0.2) is 0 Å². The molecule has 0 unspecified atom stereocenters. The Hall–Kier alpha value is -0.570. The molecule has 0 spiro atoms. The summed E-state index contributed by atoms with van der Waals surface area (Å²) in [6.45, 7) is 1.93. The van der Waals surface area contributed by atoms with Crippen LogP contribution in [0.3, 0.4) is 0 Å². The van der Waals surface area contributed by atoms with Crippen LogP contribution in [-0.4, -0.2) is 24.2 Å². The van der Waals surface area contributed by atoms with Crippen LogP contribution in [0.5, 0.6) is 0 Å². The number of carboxylic acids is 1. The van der Waals surface area contributed by atoms with E-state index in [0.29, 0.717) is 12.3 Å². The summed E-state index contributed by atoms with van der Waals surface area (Å²) >= 11 is 0. The molecule has 0 aliphatic carbocycles. The molecule has 2 N–H and O–H groups in total. The summed E-state index contributed by atoms with van der Waals surface area (Å²) in [5.74, 6) is -0.306. The molecular weight excluding hydrogens is 130 g/mol. The van der Waals surface area contributed by atoms with Gasteiger partial charge in [-0.05, 0) is 31.8 Å². The van der Waals surface area contributed by atoms with Gasteiger partial charge in [0.1, 0.15) is 0 Å². The molecule has 1 aliphatic heterocycles. The van der Waals surface area contributed by atoms with Gasteiger partial charge in [0.2, 0.25) is 0 Å². The number of piperidine rings is 1. The monoisotopic (exact) mass is 143 g/mol. The standard InChI is InChI=1S/C7H13NO2/c9-7(10)4-6-2-1-3-8-5-6/h6,8H,1-5H2,(H,9,10)/t6-/m0/s1. The second kappa shape index (κ2) is 3.56. The molecule has 0 aromatic heterocycles. The zero-order valence-corrected chi connectivity index (χ0v) is 5.97. The van der Waals surface area contributed by atoms with Crippen molar-refractivity contribution in [3.63, 3.8) is 0 Å². The average Bonchev–Trinajstić information content (AvgIpc) is 1.88. The Balaban J connectivity index is 2.19. The average molecular weight is 143 g/mol. The van der Waals surface area contributed by atoms with Crippen molar-refractivity contribution in [1.82, 2.24) is 5.32 Å². The van der Waals surface area contributed by atoms with E-state index >= 15 is 0 Å². The normalized spacial score (nSPS) is 26.2. The van der Waals surface area contributed by atoms with Crippen LogP contribution >= 0.6 is 0 Å². The predicted octanol–water partition coefficient (Wildman–Crippen LogP) is 0.461. The highest BCUT2D eigenvalue weighted by molar-refractivity contribution is 5.67. The molecule has 3 nitrogen and oxygen atoms in total. The highest BCUT2D eigenvalue weighted by Crippen LogP contribution is 2.13. The molecule has 0 radical (unpaired) electrons. The third-order valence-electron chi connectivity index (χ3n) is 1.86. The highest BCUT2D eigenvalue weighted by Gasteiger charge is 2.15. The Morgan fingerprint density at radius 1 is 1.70 bits per heavy atom. The smallest absolute Gasteiger partial charge is 0.303 e. The molecule has 1 saturated heterocycles. The third-order valence-corrected chi connectivity index (χ3v) is 1.86. The number of rotatable bonds is 2. The molecule has 0 aromatic carbocycles.